The molecule has 0 unspecified atom stereocenters. The predicted molar refractivity (Wildman–Crippen MR) is 73.1 cm³/mol. The van der Waals surface area contributed by atoms with Crippen LogP contribution >= 0.6 is 11.8 Å². The third-order valence-corrected chi connectivity index (χ3v) is 3.09. The third kappa shape index (κ3) is 4.02. The highest BCUT2D eigenvalue weighted by Crippen LogP contribution is 2.32. The summed E-state index contributed by atoms with van der Waals surface area (Å²) in [6.07, 6.45) is 1.63. The number of carboxylic acid groups (broad SMARTS) is 1. The molecule has 9 nitrogen and oxygen atoms in total. The van der Waals surface area contributed by atoms with Gasteiger partial charge in [-0.15, -0.1) is 0 Å². The Morgan fingerprint density at radius 1 is 1.38 bits per heavy atom. The van der Waals surface area contributed by atoms with Gasteiger partial charge in [0.05, 0.1) is 15.9 Å². The van der Waals surface area contributed by atoms with E-state index < -0.39 is 44.7 Å². The fourth-order valence-corrected chi connectivity index (χ4v) is 2.05. The van der Waals surface area contributed by atoms with E-state index in [9.17, 15) is 29.4 Å². The first-order valence-electron chi connectivity index (χ1n) is 5.38. The van der Waals surface area contributed by atoms with Crippen LogP contribution in [0.15, 0.2) is 12.1 Å². The van der Waals surface area contributed by atoms with Crippen LogP contribution in [0.25, 0.3) is 0 Å². The lowest BCUT2D eigenvalue weighted by Crippen LogP contribution is -2.32. The number of nitro groups is 2. The van der Waals surface area contributed by atoms with E-state index in [-0.39, 0.29) is 5.75 Å². The Morgan fingerprint density at radius 2 is 1.95 bits per heavy atom. The van der Waals surface area contributed by atoms with Gasteiger partial charge in [-0.2, -0.15) is 16.2 Å². The fraction of sp³-hybridized carbons (Fsp3) is 0.300. The van der Waals surface area contributed by atoms with E-state index >= 15 is 0 Å². The number of hydrogen-bond acceptors (Lipinski definition) is 7. The number of aliphatic carboxylic acids is 1. The second kappa shape index (κ2) is 6.83. The molecule has 0 amide bonds. The quantitative estimate of drug-likeness (QED) is 0.574. The number of rotatable bonds is 7. The van der Waals surface area contributed by atoms with Gasteiger partial charge in [0.1, 0.15) is 11.7 Å². The van der Waals surface area contributed by atoms with Gasteiger partial charge in [0.15, 0.2) is 0 Å². The summed E-state index contributed by atoms with van der Waals surface area (Å²) >= 11 is 1.17. The van der Waals surface area contributed by atoms with Gasteiger partial charge >= 0.3 is 11.7 Å². The van der Waals surface area contributed by atoms with Crippen molar-refractivity contribution in [3.8, 4) is 0 Å². The fourth-order valence-electron chi connectivity index (χ4n) is 1.49. The van der Waals surface area contributed by atoms with Crippen molar-refractivity contribution in [3.63, 3.8) is 0 Å². The molecule has 0 heterocycles. The summed E-state index contributed by atoms with van der Waals surface area (Å²) in [7, 11) is 0. The Hall–Kier alpha value is -2.43. The lowest BCUT2D eigenvalue weighted by atomic mass is 10.2. The van der Waals surface area contributed by atoms with E-state index in [2.05, 4.69) is 5.32 Å². The normalized spacial score (nSPS) is 11.7. The molecule has 0 bridgehead atoms. The van der Waals surface area contributed by atoms with Gasteiger partial charge in [-0.3, -0.25) is 20.2 Å². The molecule has 1 aromatic rings. The second-order valence-corrected chi connectivity index (χ2v) is 4.74. The lowest BCUT2D eigenvalue weighted by molar-refractivity contribution is -0.395. The molecule has 1 aromatic carbocycles. The van der Waals surface area contributed by atoms with Crippen molar-refractivity contribution in [1.82, 2.24) is 0 Å². The van der Waals surface area contributed by atoms with Crippen LogP contribution in [0.4, 0.5) is 21.5 Å². The Kier molecular flexibility index (Phi) is 5.41. The van der Waals surface area contributed by atoms with Crippen molar-refractivity contribution in [1.29, 1.82) is 0 Å². The molecule has 0 saturated carbocycles. The van der Waals surface area contributed by atoms with Gasteiger partial charge in [-0.25, -0.2) is 4.79 Å². The maximum absolute atomic E-state index is 13.5. The zero-order chi connectivity index (χ0) is 16.2. The molecule has 0 aliphatic carbocycles. The number of nitrogens with one attached hydrogen (secondary N) is 1. The summed E-state index contributed by atoms with van der Waals surface area (Å²) in [6.45, 7) is 0. The average Bonchev–Trinajstić information content (AvgIpc) is 2.37. The molecule has 1 rings (SSSR count). The molecule has 2 N–H and O–H groups in total. The van der Waals surface area contributed by atoms with Crippen LogP contribution in [-0.2, 0) is 4.79 Å². The summed E-state index contributed by atoms with van der Waals surface area (Å²) in [5.74, 6) is -2.50. The van der Waals surface area contributed by atoms with Crippen molar-refractivity contribution in [2.75, 3.05) is 17.3 Å². The number of halogens is 1. The maximum atomic E-state index is 13.5. The number of thioether (sulfide) groups is 1. The van der Waals surface area contributed by atoms with Crippen LogP contribution in [0.5, 0.6) is 0 Å². The van der Waals surface area contributed by atoms with Gasteiger partial charge in [-0.05, 0) is 6.26 Å². The lowest BCUT2D eigenvalue weighted by Gasteiger charge is -2.14. The minimum Gasteiger partial charge on any atom is -0.480 e. The minimum absolute atomic E-state index is 0.0745. The minimum atomic E-state index is -1.29. The third-order valence-electron chi connectivity index (χ3n) is 2.42. The predicted octanol–water partition coefficient (Wildman–Crippen LogP) is 1.87. The number of nitro benzene ring substituents is 2. The highest BCUT2D eigenvalue weighted by atomic mass is 32.2. The van der Waals surface area contributed by atoms with Gasteiger partial charge in [0, 0.05) is 11.8 Å². The Labute approximate surface area is 121 Å². The average molecular weight is 319 g/mol. The Bertz CT molecular complexity index is 596. The first kappa shape index (κ1) is 16.6. The number of nitrogens with zero attached hydrogens (tertiary/aromatic N) is 2. The SMILES string of the molecule is CSC[C@H](Nc1cc(F)c([N+](=O)[O-])cc1[N+](=O)[O-])C(=O)O. The molecular weight excluding hydrogens is 309 g/mol. The van der Waals surface area contributed by atoms with Crippen LogP contribution in [0.2, 0.25) is 0 Å². The van der Waals surface area contributed by atoms with E-state index in [0.717, 1.165) is 0 Å². The highest BCUT2D eigenvalue weighted by molar-refractivity contribution is 7.98. The van der Waals surface area contributed by atoms with Crippen molar-refractivity contribution in [2.24, 2.45) is 0 Å². The molecule has 0 fully saturated rings. The van der Waals surface area contributed by atoms with E-state index in [0.29, 0.717) is 12.1 Å². The summed E-state index contributed by atoms with van der Waals surface area (Å²) in [5, 5.41) is 32.7. The highest BCUT2D eigenvalue weighted by Gasteiger charge is 2.27. The molecule has 11 heteroatoms. The van der Waals surface area contributed by atoms with Crippen molar-refractivity contribution in [3.05, 3.63) is 38.2 Å². The van der Waals surface area contributed by atoms with Crippen molar-refractivity contribution in [2.45, 2.75) is 6.04 Å². The maximum Gasteiger partial charge on any atom is 0.326 e. The number of carboxylic acids is 1. The van der Waals surface area contributed by atoms with Crippen LogP contribution < -0.4 is 5.32 Å². The van der Waals surface area contributed by atoms with Gasteiger partial charge in [0.2, 0.25) is 5.82 Å². The smallest absolute Gasteiger partial charge is 0.326 e. The van der Waals surface area contributed by atoms with Crippen molar-refractivity contribution < 1.29 is 24.1 Å². The standard InChI is InChI=1S/C10H10FN3O6S/c1-21-4-7(10(15)16)12-6-2-5(11)8(13(17)18)3-9(6)14(19)20/h2-3,7,12H,4H2,1H3,(H,15,16)/t7-/m0/s1. The number of carbonyl (C=O) groups is 1. The first-order chi connectivity index (χ1) is 9.77. The zero-order valence-electron chi connectivity index (χ0n) is 10.6. The van der Waals surface area contributed by atoms with E-state index in [1.54, 1.807) is 6.26 Å². The monoisotopic (exact) mass is 319 g/mol. The molecular formula is C10H10FN3O6S. The number of hydrogen-bond donors (Lipinski definition) is 2. The van der Waals surface area contributed by atoms with Gasteiger partial charge < -0.3 is 10.4 Å². The van der Waals surface area contributed by atoms with Crippen LogP contribution in [-0.4, -0.2) is 39.0 Å². The Morgan fingerprint density at radius 3 is 2.38 bits per heavy atom. The largest absolute Gasteiger partial charge is 0.480 e. The zero-order valence-corrected chi connectivity index (χ0v) is 11.4. The molecule has 114 valence electrons. The second-order valence-electron chi connectivity index (χ2n) is 3.83. The van der Waals surface area contributed by atoms with E-state index in [4.69, 9.17) is 5.11 Å². The summed E-state index contributed by atoms with van der Waals surface area (Å²) in [5.41, 5.74) is -2.25. The van der Waals surface area contributed by atoms with Crippen molar-refractivity contribution >= 4 is 34.8 Å². The molecule has 0 spiro atoms. The molecule has 0 radical (unpaired) electrons. The molecule has 0 aliphatic rings. The van der Waals surface area contributed by atoms with E-state index in [1.807, 2.05) is 0 Å². The molecule has 1 atom stereocenters. The molecule has 0 saturated heterocycles. The van der Waals surface area contributed by atoms with Crippen LogP contribution in [0.3, 0.4) is 0 Å². The van der Waals surface area contributed by atoms with Crippen LogP contribution in [0, 0.1) is 26.0 Å². The number of anilines is 1. The summed E-state index contributed by atoms with van der Waals surface area (Å²) in [4.78, 5) is 30.4. The molecule has 0 aromatic heterocycles. The van der Waals surface area contributed by atoms with Gasteiger partial charge in [0.25, 0.3) is 5.69 Å². The molecule has 21 heavy (non-hydrogen) atoms. The van der Waals surface area contributed by atoms with E-state index in [1.165, 1.54) is 11.8 Å². The van der Waals surface area contributed by atoms with Gasteiger partial charge in [-0.1, -0.05) is 0 Å². The molecule has 0 aliphatic heterocycles. The van der Waals surface area contributed by atoms with Crippen LogP contribution in [0.1, 0.15) is 0 Å². The topological polar surface area (TPSA) is 136 Å². The number of benzene rings is 1. The Balaban J connectivity index is 3.28. The summed E-state index contributed by atoms with van der Waals surface area (Å²) in [6, 6.07) is -0.193. The summed E-state index contributed by atoms with van der Waals surface area (Å²) < 4.78 is 13.5. The first-order valence-corrected chi connectivity index (χ1v) is 6.78.